The molecule has 0 bridgehead atoms. The van der Waals surface area contributed by atoms with Crippen LogP contribution >= 0.6 is 11.6 Å². The number of ether oxygens (including phenoxy) is 3. The second-order valence-corrected chi connectivity index (χ2v) is 13.2. The highest BCUT2D eigenvalue weighted by Gasteiger charge is 2.62. The Labute approximate surface area is 241 Å². The van der Waals surface area contributed by atoms with Crippen LogP contribution in [0.25, 0.3) is 0 Å². The fraction of sp³-hybridized carbons (Fsp3) is 0.567. The lowest BCUT2D eigenvalue weighted by molar-refractivity contribution is -0.101. The Morgan fingerprint density at radius 2 is 1.75 bits per heavy atom. The molecule has 0 saturated carbocycles. The minimum Gasteiger partial charge on any atom is -0.477 e. The summed E-state index contributed by atoms with van der Waals surface area (Å²) in [6, 6.07) is 10.4. The molecule has 1 unspecified atom stereocenters. The largest absolute Gasteiger partial charge is 0.497 e. The van der Waals surface area contributed by atoms with Crippen LogP contribution in [0.4, 0.5) is 9.18 Å². The van der Waals surface area contributed by atoms with Crippen LogP contribution in [0.3, 0.4) is 0 Å². The van der Waals surface area contributed by atoms with Crippen LogP contribution < -0.4 is 10.2 Å². The number of carbonyl (C=O) groups excluding carboxylic acids is 1. The molecule has 2 fully saturated rings. The van der Waals surface area contributed by atoms with Gasteiger partial charge in [-0.3, -0.25) is 0 Å². The minimum atomic E-state index is -1.22. The predicted molar refractivity (Wildman–Crippen MR) is 152 cm³/mol. The molecule has 3 heterocycles. The molecule has 0 N–H and O–H groups in total. The van der Waals surface area contributed by atoms with E-state index in [0.717, 1.165) is 12.0 Å². The van der Waals surface area contributed by atoms with Crippen molar-refractivity contribution in [3.63, 3.8) is 0 Å². The molecule has 5 rings (SSSR count). The Kier molecular flexibility index (Phi) is 7.22. The smallest absolute Gasteiger partial charge is 0.477 e. The fourth-order valence-corrected chi connectivity index (χ4v) is 6.27. The number of fused-ring (bicyclic) bond motifs is 1. The van der Waals surface area contributed by atoms with Crippen LogP contribution in [0.5, 0.6) is 5.75 Å². The maximum Gasteiger partial charge on any atom is 0.497 e. The SMILES string of the molecule is CO[C@H]1c2c(cc(F)c(Cl)c2B2OC(C)(C)C(C)(C)O2)O[C@@]1(c1ccccc1)C1CCCN1C(=O)OC(C)(C)C. The first-order valence-corrected chi connectivity index (χ1v) is 14.1. The minimum absolute atomic E-state index is 0.109. The van der Waals surface area contributed by atoms with Crippen LogP contribution in [-0.4, -0.2) is 54.6 Å². The zero-order valence-corrected chi connectivity index (χ0v) is 25.2. The molecule has 2 saturated heterocycles. The molecule has 0 aromatic heterocycles. The Hall–Kier alpha value is -2.33. The lowest BCUT2D eigenvalue weighted by Gasteiger charge is -2.43. The molecule has 0 radical (unpaired) electrons. The topological polar surface area (TPSA) is 66.5 Å². The Morgan fingerprint density at radius 1 is 1.12 bits per heavy atom. The van der Waals surface area contributed by atoms with E-state index in [1.807, 2.05) is 78.8 Å². The molecule has 1 amide bonds. The van der Waals surface area contributed by atoms with Gasteiger partial charge in [0.25, 0.3) is 0 Å². The van der Waals surface area contributed by atoms with E-state index in [4.69, 9.17) is 35.1 Å². The number of benzene rings is 2. The Balaban J connectivity index is 1.70. The quantitative estimate of drug-likeness (QED) is 0.409. The monoisotopic (exact) mass is 573 g/mol. The van der Waals surface area contributed by atoms with Crippen molar-refractivity contribution >= 4 is 30.3 Å². The van der Waals surface area contributed by atoms with Gasteiger partial charge in [0.15, 0.2) is 5.60 Å². The third-order valence-corrected chi connectivity index (χ3v) is 8.90. The second kappa shape index (κ2) is 9.90. The molecule has 2 aromatic carbocycles. The Bertz CT molecular complexity index is 1280. The summed E-state index contributed by atoms with van der Waals surface area (Å²) in [6.45, 7) is 13.7. The van der Waals surface area contributed by atoms with Gasteiger partial charge in [-0.1, -0.05) is 41.9 Å². The molecule has 0 spiro atoms. The lowest BCUT2D eigenvalue weighted by atomic mass is 9.70. The number of likely N-dealkylation sites (tertiary alicyclic amines) is 1. The molecular weight excluding hydrogens is 536 g/mol. The zero-order chi connectivity index (χ0) is 29.3. The van der Waals surface area contributed by atoms with Gasteiger partial charge in [-0.15, -0.1) is 0 Å². The highest BCUT2D eigenvalue weighted by molar-refractivity contribution is 6.66. The molecule has 10 heteroatoms. The molecule has 40 heavy (non-hydrogen) atoms. The van der Waals surface area contributed by atoms with E-state index in [1.54, 1.807) is 12.0 Å². The summed E-state index contributed by atoms with van der Waals surface area (Å²) >= 11 is 6.69. The van der Waals surface area contributed by atoms with E-state index in [1.165, 1.54) is 6.07 Å². The van der Waals surface area contributed by atoms with Crippen molar-refractivity contribution in [3.8, 4) is 5.75 Å². The summed E-state index contributed by atoms with van der Waals surface area (Å²) in [5, 5.41) is -0.109. The van der Waals surface area contributed by atoms with E-state index in [9.17, 15) is 4.79 Å². The van der Waals surface area contributed by atoms with Crippen LogP contribution in [0.2, 0.25) is 5.02 Å². The van der Waals surface area contributed by atoms with Gasteiger partial charge >= 0.3 is 13.2 Å². The van der Waals surface area contributed by atoms with Crippen molar-refractivity contribution in [2.75, 3.05) is 13.7 Å². The lowest BCUT2D eigenvalue weighted by Crippen LogP contribution is -2.55. The van der Waals surface area contributed by atoms with E-state index < -0.39 is 53.6 Å². The van der Waals surface area contributed by atoms with Crippen molar-refractivity contribution in [2.45, 2.75) is 95.9 Å². The number of methoxy groups -OCH3 is 1. The first-order valence-electron chi connectivity index (χ1n) is 13.8. The van der Waals surface area contributed by atoms with Crippen LogP contribution in [0, 0.1) is 5.82 Å². The highest BCUT2D eigenvalue weighted by atomic mass is 35.5. The molecular formula is C30H38BClFNO6. The summed E-state index contributed by atoms with van der Waals surface area (Å²) in [7, 11) is 0.624. The normalized spacial score (nSPS) is 27.1. The number of hydrogen-bond acceptors (Lipinski definition) is 6. The van der Waals surface area contributed by atoms with Crippen molar-refractivity contribution in [2.24, 2.45) is 0 Å². The van der Waals surface area contributed by atoms with Gasteiger partial charge in [0.05, 0.1) is 22.3 Å². The zero-order valence-electron chi connectivity index (χ0n) is 24.5. The molecule has 0 aliphatic carbocycles. The summed E-state index contributed by atoms with van der Waals surface area (Å²) in [5.41, 5.74) is -1.59. The van der Waals surface area contributed by atoms with Crippen molar-refractivity contribution in [1.82, 2.24) is 4.90 Å². The number of rotatable bonds is 4. The van der Waals surface area contributed by atoms with Crippen molar-refractivity contribution in [1.29, 1.82) is 0 Å². The Morgan fingerprint density at radius 3 is 2.33 bits per heavy atom. The van der Waals surface area contributed by atoms with Gasteiger partial charge in [-0.2, -0.15) is 0 Å². The van der Waals surface area contributed by atoms with Gasteiger partial charge < -0.3 is 28.4 Å². The van der Waals surface area contributed by atoms with Crippen molar-refractivity contribution in [3.05, 3.63) is 58.4 Å². The maximum atomic E-state index is 15.5. The summed E-state index contributed by atoms with van der Waals surface area (Å²) < 4.78 is 47.1. The van der Waals surface area contributed by atoms with E-state index in [-0.39, 0.29) is 10.8 Å². The van der Waals surface area contributed by atoms with E-state index >= 15 is 4.39 Å². The average Bonchev–Trinajstić information content (AvgIpc) is 3.52. The molecule has 3 aliphatic rings. The summed E-state index contributed by atoms with van der Waals surface area (Å²) in [5.74, 6) is -0.377. The first kappa shape index (κ1) is 29.2. The number of carbonyl (C=O) groups is 1. The third-order valence-electron chi connectivity index (χ3n) is 8.52. The maximum absolute atomic E-state index is 15.5. The van der Waals surface area contributed by atoms with Gasteiger partial charge in [0, 0.05) is 36.3 Å². The highest BCUT2D eigenvalue weighted by Crippen LogP contribution is 2.56. The molecule has 7 nitrogen and oxygen atoms in total. The number of amides is 1. The second-order valence-electron chi connectivity index (χ2n) is 12.8. The van der Waals surface area contributed by atoms with Crippen molar-refractivity contribution < 1.29 is 32.7 Å². The van der Waals surface area contributed by atoms with E-state index in [2.05, 4.69) is 0 Å². The molecule has 216 valence electrons. The average molecular weight is 574 g/mol. The number of hydrogen-bond donors (Lipinski definition) is 0. The van der Waals surface area contributed by atoms with Crippen LogP contribution in [0.1, 0.15) is 78.5 Å². The number of nitrogens with zero attached hydrogens (tertiary/aromatic N) is 1. The van der Waals surface area contributed by atoms with Gasteiger partial charge in [0.2, 0.25) is 0 Å². The molecule has 3 atom stereocenters. The van der Waals surface area contributed by atoms with Gasteiger partial charge in [-0.25, -0.2) is 9.18 Å². The van der Waals surface area contributed by atoms with E-state index in [0.29, 0.717) is 24.0 Å². The van der Waals surface area contributed by atoms with Crippen LogP contribution in [0.15, 0.2) is 36.4 Å². The standard InChI is InChI=1S/C30H38BClFNO6/c1-27(2,3)38-26(35)34-16-12-15-21(34)30(18-13-10-9-11-14-18)25(36-8)22-20(37-30)17-19(33)24(32)23(22)31-39-28(4,5)29(6,7)40-31/h9-11,13-14,17,21,25H,12,15-16H2,1-8H3/t21?,25-,30-/m0/s1. The summed E-state index contributed by atoms with van der Waals surface area (Å²) in [6.07, 6.45) is 0.165. The van der Waals surface area contributed by atoms with Crippen LogP contribution in [-0.2, 0) is 24.4 Å². The summed E-state index contributed by atoms with van der Waals surface area (Å²) in [4.78, 5) is 15.2. The number of halogens is 2. The molecule has 2 aromatic rings. The third kappa shape index (κ3) is 4.59. The molecule has 3 aliphatic heterocycles. The van der Waals surface area contributed by atoms with Gasteiger partial charge in [0.1, 0.15) is 23.3 Å². The van der Waals surface area contributed by atoms with Gasteiger partial charge in [-0.05, 0) is 61.3 Å². The fourth-order valence-electron chi connectivity index (χ4n) is 6.02. The predicted octanol–water partition coefficient (Wildman–Crippen LogP) is 6.15. The first-order chi connectivity index (χ1) is 18.6.